The van der Waals surface area contributed by atoms with Crippen molar-refractivity contribution in [2.45, 2.75) is 19.4 Å². The summed E-state index contributed by atoms with van der Waals surface area (Å²) in [4.78, 5) is 14.5. The number of sulfonamides is 1. The molecule has 154 valence electrons. The van der Waals surface area contributed by atoms with Crippen LogP contribution in [0.3, 0.4) is 0 Å². The number of rotatable bonds is 7. The van der Waals surface area contributed by atoms with E-state index >= 15 is 0 Å². The van der Waals surface area contributed by atoms with Crippen LogP contribution in [0.25, 0.3) is 0 Å². The van der Waals surface area contributed by atoms with Crippen LogP contribution < -0.4 is 9.04 Å². The minimum Gasteiger partial charge on any atom is -0.490 e. The monoisotopic (exact) mass is 414 g/mol. The zero-order valence-electron chi connectivity index (χ0n) is 16.6. The zero-order chi connectivity index (χ0) is 20.9. The number of hydrogen-bond donors (Lipinski definition) is 0. The van der Waals surface area contributed by atoms with E-state index in [0.29, 0.717) is 37.4 Å². The molecule has 6 nitrogen and oxygen atoms in total. The average molecular weight is 415 g/mol. The van der Waals surface area contributed by atoms with E-state index in [4.69, 9.17) is 4.74 Å². The molecule has 2 aromatic rings. The molecule has 1 aliphatic heterocycles. The first-order chi connectivity index (χ1) is 13.9. The zero-order valence-corrected chi connectivity index (χ0v) is 17.4. The molecule has 2 aromatic carbocycles. The van der Waals surface area contributed by atoms with Crippen molar-refractivity contribution >= 4 is 21.6 Å². The van der Waals surface area contributed by atoms with Gasteiger partial charge < -0.3 is 9.64 Å². The van der Waals surface area contributed by atoms with E-state index in [9.17, 15) is 13.2 Å². The SMILES string of the molecule is C=CCOc1cccc(CN(C)C(=O)c2cccc(N3CCCCS3(=O)=O)c2)c1. The Bertz CT molecular complexity index is 988. The summed E-state index contributed by atoms with van der Waals surface area (Å²) >= 11 is 0. The molecular formula is C22H26N2O4S. The fourth-order valence-electron chi connectivity index (χ4n) is 3.33. The highest BCUT2D eigenvalue weighted by Gasteiger charge is 2.26. The Hall–Kier alpha value is -2.80. The van der Waals surface area contributed by atoms with Gasteiger partial charge in [0.2, 0.25) is 10.0 Å². The summed E-state index contributed by atoms with van der Waals surface area (Å²) in [6, 6.07) is 14.4. The van der Waals surface area contributed by atoms with Crippen LogP contribution in [-0.2, 0) is 16.6 Å². The van der Waals surface area contributed by atoms with E-state index in [1.807, 2.05) is 24.3 Å². The number of nitrogens with zero attached hydrogens (tertiary/aromatic N) is 2. The third-order valence-electron chi connectivity index (χ3n) is 4.76. The van der Waals surface area contributed by atoms with Gasteiger partial charge in [0.15, 0.2) is 0 Å². The Kier molecular flexibility index (Phi) is 6.59. The summed E-state index contributed by atoms with van der Waals surface area (Å²) in [7, 11) is -1.59. The molecule has 3 rings (SSSR count). The van der Waals surface area contributed by atoms with Gasteiger partial charge in [-0.25, -0.2) is 8.42 Å². The van der Waals surface area contributed by atoms with Gasteiger partial charge >= 0.3 is 0 Å². The van der Waals surface area contributed by atoms with E-state index in [1.165, 1.54) is 4.31 Å². The maximum Gasteiger partial charge on any atom is 0.253 e. The molecule has 0 bridgehead atoms. The van der Waals surface area contributed by atoms with Crippen molar-refractivity contribution in [3.05, 3.63) is 72.3 Å². The Labute approximate surface area is 172 Å². The van der Waals surface area contributed by atoms with Crippen LogP contribution >= 0.6 is 0 Å². The Morgan fingerprint density at radius 3 is 2.76 bits per heavy atom. The molecule has 1 amide bonds. The van der Waals surface area contributed by atoms with Crippen molar-refractivity contribution in [1.29, 1.82) is 0 Å². The van der Waals surface area contributed by atoms with Gasteiger partial charge in [0.25, 0.3) is 5.91 Å². The maximum atomic E-state index is 12.9. The van der Waals surface area contributed by atoms with Crippen molar-refractivity contribution in [2.75, 3.05) is 30.3 Å². The van der Waals surface area contributed by atoms with E-state index in [0.717, 1.165) is 17.7 Å². The normalized spacial score (nSPS) is 15.6. The first kappa shape index (κ1) is 20.9. The second-order valence-corrected chi connectivity index (χ2v) is 9.07. The molecule has 1 saturated heterocycles. The quantitative estimate of drug-likeness (QED) is 0.651. The summed E-state index contributed by atoms with van der Waals surface area (Å²) < 4.78 is 31.7. The number of ether oxygens (including phenoxy) is 1. The summed E-state index contributed by atoms with van der Waals surface area (Å²) in [6.07, 6.45) is 3.18. The van der Waals surface area contributed by atoms with E-state index in [1.54, 1.807) is 42.3 Å². The van der Waals surface area contributed by atoms with Crippen LogP contribution in [-0.4, -0.2) is 45.2 Å². The Balaban J connectivity index is 1.74. The molecule has 1 aliphatic rings. The summed E-state index contributed by atoms with van der Waals surface area (Å²) in [6.45, 7) is 4.92. The fraction of sp³-hybridized carbons (Fsp3) is 0.318. The van der Waals surface area contributed by atoms with Crippen LogP contribution in [0.2, 0.25) is 0 Å². The lowest BCUT2D eigenvalue weighted by Crippen LogP contribution is -2.38. The van der Waals surface area contributed by atoms with Gasteiger partial charge in [-0.2, -0.15) is 0 Å². The van der Waals surface area contributed by atoms with Crippen LogP contribution in [0.5, 0.6) is 5.75 Å². The standard InChI is InChI=1S/C22H26N2O4S/c1-3-13-28-21-11-6-8-18(15-21)17-23(2)22(25)19-9-7-10-20(16-19)24-12-4-5-14-29(24,26)27/h3,6-11,15-16H,1,4-5,12-14,17H2,2H3. The van der Waals surface area contributed by atoms with Crippen molar-refractivity contribution in [1.82, 2.24) is 4.90 Å². The van der Waals surface area contributed by atoms with Gasteiger partial charge in [0.1, 0.15) is 12.4 Å². The molecule has 0 aromatic heterocycles. The maximum absolute atomic E-state index is 12.9. The number of amides is 1. The van der Waals surface area contributed by atoms with Crippen molar-refractivity contribution < 1.29 is 17.9 Å². The largest absolute Gasteiger partial charge is 0.490 e. The summed E-state index contributed by atoms with van der Waals surface area (Å²) in [5.74, 6) is 0.703. The summed E-state index contributed by atoms with van der Waals surface area (Å²) in [5, 5.41) is 0. The fourth-order valence-corrected chi connectivity index (χ4v) is 4.96. The lowest BCUT2D eigenvalue weighted by molar-refractivity contribution is 0.0785. The molecule has 7 heteroatoms. The van der Waals surface area contributed by atoms with Crippen LogP contribution in [0, 0.1) is 0 Å². The molecule has 0 atom stereocenters. The minimum atomic E-state index is -3.31. The number of hydrogen-bond acceptors (Lipinski definition) is 4. The van der Waals surface area contributed by atoms with Gasteiger partial charge in [-0.05, 0) is 48.7 Å². The molecule has 29 heavy (non-hydrogen) atoms. The molecule has 0 aliphatic carbocycles. The van der Waals surface area contributed by atoms with Gasteiger partial charge in [0, 0.05) is 25.7 Å². The van der Waals surface area contributed by atoms with Crippen LogP contribution in [0.4, 0.5) is 5.69 Å². The first-order valence-electron chi connectivity index (χ1n) is 9.59. The van der Waals surface area contributed by atoms with Gasteiger partial charge in [-0.1, -0.05) is 30.9 Å². The third-order valence-corrected chi connectivity index (χ3v) is 6.63. The highest BCUT2D eigenvalue weighted by Crippen LogP contribution is 2.25. The molecular weight excluding hydrogens is 388 g/mol. The van der Waals surface area contributed by atoms with Gasteiger partial charge in [-0.15, -0.1) is 0 Å². The predicted molar refractivity (Wildman–Crippen MR) is 115 cm³/mol. The smallest absolute Gasteiger partial charge is 0.253 e. The second-order valence-electron chi connectivity index (χ2n) is 7.05. The highest BCUT2D eigenvalue weighted by atomic mass is 32.2. The van der Waals surface area contributed by atoms with E-state index in [-0.39, 0.29) is 11.7 Å². The Morgan fingerprint density at radius 1 is 1.21 bits per heavy atom. The van der Waals surface area contributed by atoms with Crippen molar-refractivity contribution in [3.63, 3.8) is 0 Å². The topological polar surface area (TPSA) is 66.9 Å². The molecule has 0 N–H and O–H groups in total. The van der Waals surface area contributed by atoms with Gasteiger partial charge in [0.05, 0.1) is 11.4 Å². The molecule has 1 fully saturated rings. The highest BCUT2D eigenvalue weighted by molar-refractivity contribution is 7.92. The average Bonchev–Trinajstić information content (AvgIpc) is 2.71. The molecule has 0 radical (unpaired) electrons. The van der Waals surface area contributed by atoms with Crippen molar-refractivity contribution in [2.24, 2.45) is 0 Å². The van der Waals surface area contributed by atoms with Gasteiger partial charge in [-0.3, -0.25) is 9.10 Å². The number of anilines is 1. The number of carbonyl (C=O) groups is 1. The van der Waals surface area contributed by atoms with Crippen LogP contribution in [0.1, 0.15) is 28.8 Å². The Morgan fingerprint density at radius 2 is 2.00 bits per heavy atom. The second kappa shape index (κ2) is 9.13. The molecule has 0 spiro atoms. The first-order valence-corrected chi connectivity index (χ1v) is 11.2. The number of carbonyl (C=O) groups excluding carboxylic acids is 1. The summed E-state index contributed by atoms with van der Waals surface area (Å²) in [5.41, 5.74) is 1.95. The lowest BCUT2D eigenvalue weighted by atomic mass is 10.1. The van der Waals surface area contributed by atoms with E-state index in [2.05, 4.69) is 6.58 Å². The molecule has 0 unspecified atom stereocenters. The minimum absolute atomic E-state index is 0.148. The third kappa shape index (κ3) is 5.17. The lowest BCUT2D eigenvalue weighted by Gasteiger charge is -2.28. The number of benzene rings is 2. The molecule has 1 heterocycles. The molecule has 0 saturated carbocycles. The van der Waals surface area contributed by atoms with Crippen molar-refractivity contribution in [3.8, 4) is 5.75 Å². The predicted octanol–water partition coefficient (Wildman–Crippen LogP) is 3.45. The van der Waals surface area contributed by atoms with Crippen LogP contribution in [0.15, 0.2) is 61.2 Å². The van der Waals surface area contributed by atoms with E-state index < -0.39 is 10.0 Å².